The minimum atomic E-state index is -1.06. The number of para-hydroxylation sites is 1. The SMILES string of the molecule is Cc1cc(Br)ccc1C(=O)N(C)c1ccccc1C(=O)O. The summed E-state index contributed by atoms with van der Waals surface area (Å²) in [6, 6.07) is 11.8. The number of amides is 1. The van der Waals surface area contributed by atoms with Crippen molar-refractivity contribution >= 4 is 33.5 Å². The summed E-state index contributed by atoms with van der Waals surface area (Å²) >= 11 is 3.36. The van der Waals surface area contributed by atoms with Crippen LogP contribution in [0.5, 0.6) is 0 Å². The summed E-state index contributed by atoms with van der Waals surface area (Å²) in [5.41, 5.74) is 1.84. The van der Waals surface area contributed by atoms with E-state index in [0.29, 0.717) is 11.3 Å². The predicted octanol–water partition coefficient (Wildman–Crippen LogP) is 3.73. The molecule has 2 aromatic rings. The summed E-state index contributed by atoms with van der Waals surface area (Å²) in [5, 5.41) is 9.21. The second kappa shape index (κ2) is 6.10. The fraction of sp³-hybridized carbons (Fsp3) is 0.125. The zero-order valence-corrected chi connectivity index (χ0v) is 13.2. The number of hydrogen-bond acceptors (Lipinski definition) is 2. The van der Waals surface area contributed by atoms with Crippen LogP contribution >= 0.6 is 15.9 Å². The largest absolute Gasteiger partial charge is 0.478 e. The number of carbonyl (C=O) groups is 2. The van der Waals surface area contributed by atoms with Crippen LogP contribution in [0.1, 0.15) is 26.3 Å². The summed E-state index contributed by atoms with van der Waals surface area (Å²) in [4.78, 5) is 25.2. The quantitative estimate of drug-likeness (QED) is 0.920. The second-order valence-electron chi connectivity index (χ2n) is 4.65. The van der Waals surface area contributed by atoms with Gasteiger partial charge in [-0.25, -0.2) is 4.79 Å². The number of carboxylic acids is 1. The molecule has 0 aliphatic carbocycles. The zero-order chi connectivity index (χ0) is 15.6. The lowest BCUT2D eigenvalue weighted by atomic mass is 10.1. The molecule has 0 bridgehead atoms. The number of hydrogen-bond donors (Lipinski definition) is 1. The first kappa shape index (κ1) is 15.3. The van der Waals surface area contributed by atoms with Gasteiger partial charge in [-0.15, -0.1) is 0 Å². The van der Waals surface area contributed by atoms with E-state index in [1.165, 1.54) is 11.0 Å². The van der Waals surface area contributed by atoms with Gasteiger partial charge in [0.2, 0.25) is 0 Å². The smallest absolute Gasteiger partial charge is 0.337 e. The van der Waals surface area contributed by atoms with E-state index in [2.05, 4.69) is 15.9 Å². The van der Waals surface area contributed by atoms with Crippen LogP contribution in [0.3, 0.4) is 0 Å². The lowest BCUT2D eigenvalue weighted by Crippen LogP contribution is -2.28. The van der Waals surface area contributed by atoms with E-state index in [9.17, 15) is 14.7 Å². The Morgan fingerprint density at radius 2 is 1.76 bits per heavy atom. The molecule has 0 saturated carbocycles. The van der Waals surface area contributed by atoms with Gasteiger partial charge in [0.15, 0.2) is 0 Å². The van der Waals surface area contributed by atoms with Crippen molar-refractivity contribution in [3.8, 4) is 0 Å². The number of carboxylic acid groups (broad SMARTS) is 1. The number of aryl methyl sites for hydroxylation is 1. The van der Waals surface area contributed by atoms with Gasteiger partial charge in [0.05, 0.1) is 11.3 Å². The molecule has 1 amide bonds. The highest BCUT2D eigenvalue weighted by atomic mass is 79.9. The molecule has 0 heterocycles. The third-order valence-electron chi connectivity index (χ3n) is 3.22. The summed E-state index contributed by atoms with van der Waals surface area (Å²) in [6.07, 6.45) is 0. The van der Waals surface area contributed by atoms with E-state index in [0.717, 1.165) is 10.0 Å². The Labute approximate surface area is 131 Å². The Hall–Kier alpha value is -2.14. The van der Waals surface area contributed by atoms with Crippen LogP contribution in [0.25, 0.3) is 0 Å². The minimum Gasteiger partial charge on any atom is -0.478 e. The first-order valence-corrected chi connectivity index (χ1v) is 7.07. The highest BCUT2D eigenvalue weighted by molar-refractivity contribution is 9.10. The Morgan fingerprint density at radius 3 is 2.38 bits per heavy atom. The molecule has 5 heteroatoms. The molecule has 4 nitrogen and oxygen atoms in total. The van der Waals surface area contributed by atoms with E-state index in [4.69, 9.17) is 0 Å². The maximum atomic E-state index is 12.6. The number of halogens is 1. The standard InChI is InChI=1S/C16H14BrNO3/c1-10-9-11(17)7-8-12(10)15(19)18(2)14-6-4-3-5-13(14)16(20)21/h3-9H,1-2H3,(H,20,21). The maximum absolute atomic E-state index is 12.6. The fourth-order valence-electron chi connectivity index (χ4n) is 2.10. The predicted molar refractivity (Wildman–Crippen MR) is 85.0 cm³/mol. The highest BCUT2D eigenvalue weighted by Crippen LogP contribution is 2.23. The van der Waals surface area contributed by atoms with Crippen LogP contribution in [-0.2, 0) is 0 Å². The van der Waals surface area contributed by atoms with E-state index in [1.54, 1.807) is 37.4 Å². The molecule has 1 N–H and O–H groups in total. The molecule has 0 aliphatic rings. The number of benzene rings is 2. The van der Waals surface area contributed by atoms with Crippen molar-refractivity contribution in [1.82, 2.24) is 0 Å². The van der Waals surface area contributed by atoms with Crippen LogP contribution in [-0.4, -0.2) is 24.0 Å². The molecule has 0 aromatic heterocycles. The van der Waals surface area contributed by atoms with Crippen molar-refractivity contribution in [2.45, 2.75) is 6.92 Å². The van der Waals surface area contributed by atoms with Crippen molar-refractivity contribution in [2.24, 2.45) is 0 Å². The van der Waals surface area contributed by atoms with Crippen molar-refractivity contribution in [1.29, 1.82) is 0 Å². The Balaban J connectivity index is 2.42. The van der Waals surface area contributed by atoms with Crippen molar-refractivity contribution < 1.29 is 14.7 Å². The molecular formula is C16H14BrNO3. The minimum absolute atomic E-state index is 0.100. The van der Waals surface area contributed by atoms with Crippen LogP contribution < -0.4 is 4.90 Å². The first-order chi connectivity index (χ1) is 9.91. The molecule has 2 aromatic carbocycles. The molecule has 0 fully saturated rings. The van der Waals surface area contributed by atoms with Gasteiger partial charge in [0.1, 0.15) is 0 Å². The average Bonchev–Trinajstić information content (AvgIpc) is 2.45. The summed E-state index contributed by atoms with van der Waals surface area (Å²) in [5.74, 6) is -1.30. The molecule has 2 rings (SSSR count). The Bertz CT molecular complexity index is 712. The molecule has 108 valence electrons. The van der Waals surface area contributed by atoms with Gasteiger partial charge >= 0.3 is 5.97 Å². The molecule has 0 aliphatic heterocycles. The fourth-order valence-corrected chi connectivity index (χ4v) is 2.58. The van der Waals surface area contributed by atoms with E-state index in [-0.39, 0.29) is 11.5 Å². The zero-order valence-electron chi connectivity index (χ0n) is 11.6. The topological polar surface area (TPSA) is 57.6 Å². The number of nitrogens with zero attached hydrogens (tertiary/aromatic N) is 1. The summed E-state index contributed by atoms with van der Waals surface area (Å²) in [7, 11) is 1.57. The normalized spacial score (nSPS) is 10.2. The van der Waals surface area contributed by atoms with Gasteiger partial charge in [-0.3, -0.25) is 4.79 Å². The van der Waals surface area contributed by atoms with Crippen molar-refractivity contribution in [3.63, 3.8) is 0 Å². The van der Waals surface area contributed by atoms with Gasteiger partial charge in [0.25, 0.3) is 5.91 Å². The first-order valence-electron chi connectivity index (χ1n) is 6.28. The number of rotatable bonds is 3. The maximum Gasteiger partial charge on any atom is 0.337 e. The highest BCUT2D eigenvalue weighted by Gasteiger charge is 2.20. The van der Waals surface area contributed by atoms with Crippen molar-refractivity contribution in [3.05, 3.63) is 63.6 Å². The molecule has 0 atom stereocenters. The van der Waals surface area contributed by atoms with Crippen molar-refractivity contribution in [2.75, 3.05) is 11.9 Å². The molecule has 0 spiro atoms. The van der Waals surface area contributed by atoms with Gasteiger partial charge in [0, 0.05) is 17.1 Å². The number of aromatic carboxylic acids is 1. The summed E-state index contributed by atoms with van der Waals surface area (Å²) < 4.78 is 0.894. The van der Waals surface area contributed by atoms with Gasteiger partial charge < -0.3 is 10.0 Å². The number of carbonyl (C=O) groups excluding carboxylic acids is 1. The second-order valence-corrected chi connectivity index (χ2v) is 5.56. The molecule has 21 heavy (non-hydrogen) atoms. The third kappa shape index (κ3) is 3.13. The molecular weight excluding hydrogens is 334 g/mol. The lowest BCUT2D eigenvalue weighted by molar-refractivity contribution is 0.0697. The average molecular weight is 348 g/mol. The van der Waals surface area contributed by atoms with Gasteiger partial charge in [-0.05, 0) is 42.8 Å². The Kier molecular flexibility index (Phi) is 4.43. The monoisotopic (exact) mass is 347 g/mol. The van der Waals surface area contributed by atoms with Crippen LogP contribution in [0.15, 0.2) is 46.9 Å². The Morgan fingerprint density at radius 1 is 1.10 bits per heavy atom. The van der Waals surface area contributed by atoms with Crippen LogP contribution in [0, 0.1) is 6.92 Å². The summed E-state index contributed by atoms with van der Waals surface area (Å²) in [6.45, 7) is 1.84. The van der Waals surface area contributed by atoms with E-state index < -0.39 is 5.97 Å². The molecule has 0 radical (unpaired) electrons. The van der Waals surface area contributed by atoms with Crippen LogP contribution in [0.4, 0.5) is 5.69 Å². The molecule has 0 saturated heterocycles. The van der Waals surface area contributed by atoms with E-state index >= 15 is 0 Å². The molecule has 0 unspecified atom stereocenters. The van der Waals surface area contributed by atoms with Crippen LogP contribution in [0.2, 0.25) is 0 Å². The van der Waals surface area contributed by atoms with E-state index in [1.807, 2.05) is 13.0 Å². The van der Waals surface area contributed by atoms with Gasteiger partial charge in [-0.2, -0.15) is 0 Å². The lowest BCUT2D eigenvalue weighted by Gasteiger charge is -2.20. The number of anilines is 1. The third-order valence-corrected chi connectivity index (χ3v) is 3.71. The van der Waals surface area contributed by atoms with Gasteiger partial charge in [-0.1, -0.05) is 28.1 Å².